The summed E-state index contributed by atoms with van der Waals surface area (Å²) in [5.41, 5.74) is 3.57. The standard InChI is InChI=1S/C17H32N2O/c1-13-6-5-7-14(11-10-13)16-12-17(18-19(16)2)20-15-8-3-4-9-15/h13-18H,3-12H2,1-2H3. The third-order valence-corrected chi connectivity index (χ3v) is 5.81. The first-order valence-electron chi connectivity index (χ1n) is 8.87. The molecule has 0 bridgehead atoms. The van der Waals surface area contributed by atoms with Gasteiger partial charge in [0.15, 0.2) is 0 Å². The van der Waals surface area contributed by atoms with Gasteiger partial charge in [-0.05, 0) is 37.5 Å². The van der Waals surface area contributed by atoms with Crippen LogP contribution in [0.4, 0.5) is 0 Å². The van der Waals surface area contributed by atoms with Crippen LogP contribution in [0.15, 0.2) is 0 Å². The van der Waals surface area contributed by atoms with Crippen LogP contribution in [0.1, 0.15) is 71.1 Å². The molecule has 116 valence electrons. The van der Waals surface area contributed by atoms with E-state index in [1.807, 2.05) is 0 Å². The molecule has 1 aliphatic heterocycles. The lowest BCUT2D eigenvalue weighted by Crippen LogP contribution is -2.40. The van der Waals surface area contributed by atoms with E-state index in [1.54, 1.807) is 0 Å². The summed E-state index contributed by atoms with van der Waals surface area (Å²) in [6.07, 6.45) is 14.3. The van der Waals surface area contributed by atoms with Gasteiger partial charge in [0.1, 0.15) is 6.23 Å². The summed E-state index contributed by atoms with van der Waals surface area (Å²) in [5.74, 6) is 1.81. The van der Waals surface area contributed by atoms with Gasteiger partial charge in [-0.3, -0.25) is 0 Å². The Morgan fingerprint density at radius 1 is 0.950 bits per heavy atom. The van der Waals surface area contributed by atoms with Gasteiger partial charge >= 0.3 is 0 Å². The predicted octanol–water partition coefficient (Wildman–Crippen LogP) is 3.70. The quantitative estimate of drug-likeness (QED) is 0.798. The Balaban J connectivity index is 1.51. The number of rotatable bonds is 3. The van der Waals surface area contributed by atoms with E-state index in [2.05, 4.69) is 24.4 Å². The largest absolute Gasteiger partial charge is 0.359 e. The molecule has 0 aromatic rings. The fraction of sp³-hybridized carbons (Fsp3) is 1.00. The topological polar surface area (TPSA) is 24.5 Å². The van der Waals surface area contributed by atoms with Crippen LogP contribution in [0.5, 0.6) is 0 Å². The molecule has 1 saturated heterocycles. The number of hydrogen-bond acceptors (Lipinski definition) is 3. The van der Waals surface area contributed by atoms with E-state index in [1.165, 1.54) is 64.2 Å². The molecule has 1 heterocycles. The summed E-state index contributed by atoms with van der Waals surface area (Å²) in [7, 11) is 2.22. The van der Waals surface area contributed by atoms with Gasteiger partial charge in [-0.25, -0.2) is 10.4 Å². The lowest BCUT2D eigenvalue weighted by Gasteiger charge is -2.27. The minimum Gasteiger partial charge on any atom is -0.359 e. The van der Waals surface area contributed by atoms with Gasteiger partial charge in [-0.15, -0.1) is 0 Å². The highest BCUT2D eigenvalue weighted by Gasteiger charge is 2.37. The Morgan fingerprint density at radius 2 is 1.75 bits per heavy atom. The van der Waals surface area contributed by atoms with E-state index in [0.717, 1.165) is 11.8 Å². The first-order chi connectivity index (χ1) is 9.72. The van der Waals surface area contributed by atoms with Crippen LogP contribution in [0, 0.1) is 11.8 Å². The van der Waals surface area contributed by atoms with Crippen molar-refractivity contribution in [3.63, 3.8) is 0 Å². The van der Waals surface area contributed by atoms with Crippen molar-refractivity contribution in [3.05, 3.63) is 0 Å². The number of nitrogens with zero attached hydrogens (tertiary/aromatic N) is 1. The Bertz CT molecular complexity index is 303. The van der Waals surface area contributed by atoms with Gasteiger partial charge in [-0.1, -0.05) is 39.0 Å². The van der Waals surface area contributed by atoms with Gasteiger partial charge in [0.25, 0.3) is 0 Å². The van der Waals surface area contributed by atoms with Gasteiger partial charge in [0, 0.05) is 19.5 Å². The minimum absolute atomic E-state index is 0.272. The van der Waals surface area contributed by atoms with Crippen molar-refractivity contribution >= 4 is 0 Å². The summed E-state index contributed by atoms with van der Waals surface area (Å²) < 4.78 is 6.26. The molecule has 0 radical (unpaired) electrons. The minimum atomic E-state index is 0.272. The number of nitrogens with one attached hydrogen (secondary N) is 1. The van der Waals surface area contributed by atoms with Crippen LogP contribution in [-0.4, -0.2) is 30.4 Å². The third kappa shape index (κ3) is 3.55. The van der Waals surface area contributed by atoms with Crippen molar-refractivity contribution in [3.8, 4) is 0 Å². The van der Waals surface area contributed by atoms with Gasteiger partial charge in [0.2, 0.25) is 0 Å². The lowest BCUT2D eigenvalue weighted by molar-refractivity contribution is -0.0299. The molecule has 2 saturated carbocycles. The summed E-state index contributed by atoms with van der Waals surface area (Å²) in [5, 5.41) is 2.36. The van der Waals surface area contributed by atoms with Crippen LogP contribution in [0.25, 0.3) is 0 Å². The van der Waals surface area contributed by atoms with E-state index in [9.17, 15) is 0 Å². The van der Waals surface area contributed by atoms with Crippen molar-refractivity contribution in [2.24, 2.45) is 11.8 Å². The van der Waals surface area contributed by atoms with Crippen LogP contribution in [0.2, 0.25) is 0 Å². The molecule has 20 heavy (non-hydrogen) atoms. The zero-order valence-electron chi connectivity index (χ0n) is 13.3. The molecule has 4 unspecified atom stereocenters. The molecule has 0 amide bonds. The average molecular weight is 280 g/mol. The molecular weight excluding hydrogens is 248 g/mol. The van der Waals surface area contributed by atoms with Crippen molar-refractivity contribution in [2.45, 2.75) is 89.5 Å². The first kappa shape index (κ1) is 14.8. The second kappa shape index (κ2) is 6.76. The second-order valence-corrected chi connectivity index (χ2v) is 7.45. The summed E-state index contributed by atoms with van der Waals surface area (Å²) >= 11 is 0. The Morgan fingerprint density at radius 3 is 2.55 bits per heavy atom. The molecule has 3 aliphatic rings. The molecule has 1 N–H and O–H groups in total. The summed E-state index contributed by atoms with van der Waals surface area (Å²) in [4.78, 5) is 0. The number of hydrazine groups is 1. The highest BCUT2D eigenvalue weighted by Crippen LogP contribution is 2.34. The van der Waals surface area contributed by atoms with Gasteiger partial charge in [-0.2, -0.15) is 0 Å². The maximum Gasteiger partial charge on any atom is 0.122 e. The van der Waals surface area contributed by atoms with Crippen LogP contribution < -0.4 is 5.43 Å². The van der Waals surface area contributed by atoms with Crippen molar-refractivity contribution in [1.82, 2.24) is 10.4 Å². The average Bonchev–Trinajstić information content (AvgIpc) is 2.99. The maximum absolute atomic E-state index is 6.26. The smallest absolute Gasteiger partial charge is 0.122 e. The summed E-state index contributed by atoms with van der Waals surface area (Å²) in [6.45, 7) is 2.42. The Kier molecular flexibility index (Phi) is 5.00. The zero-order valence-corrected chi connectivity index (χ0v) is 13.3. The van der Waals surface area contributed by atoms with Crippen molar-refractivity contribution in [1.29, 1.82) is 0 Å². The molecule has 0 aromatic carbocycles. The monoisotopic (exact) mass is 280 g/mol. The lowest BCUT2D eigenvalue weighted by atomic mass is 9.89. The van der Waals surface area contributed by atoms with E-state index >= 15 is 0 Å². The SMILES string of the molecule is CC1CCCC(C2CC(OC3CCCC3)NN2C)CC1. The summed E-state index contributed by atoms with van der Waals surface area (Å²) in [6, 6.07) is 0.687. The molecule has 0 aromatic heterocycles. The maximum atomic E-state index is 6.26. The van der Waals surface area contributed by atoms with E-state index < -0.39 is 0 Å². The van der Waals surface area contributed by atoms with E-state index in [0.29, 0.717) is 12.1 Å². The molecule has 4 atom stereocenters. The molecule has 0 spiro atoms. The van der Waals surface area contributed by atoms with Gasteiger partial charge < -0.3 is 4.74 Å². The fourth-order valence-electron chi connectivity index (χ4n) is 4.50. The number of ether oxygens (including phenoxy) is 1. The normalized spacial score (nSPS) is 41.1. The fourth-order valence-corrected chi connectivity index (χ4v) is 4.50. The number of hydrogen-bond donors (Lipinski definition) is 1. The van der Waals surface area contributed by atoms with Crippen molar-refractivity contribution in [2.75, 3.05) is 7.05 Å². The molecule has 3 heteroatoms. The first-order valence-corrected chi connectivity index (χ1v) is 8.87. The molecule has 3 nitrogen and oxygen atoms in total. The highest BCUT2D eigenvalue weighted by atomic mass is 16.5. The molecule has 2 aliphatic carbocycles. The Hall–Kier alpha value is -0.120. The molecule has 3 rings (SSSR count). The molecule has 3 fully saturated rings. The van der Waals surface area contributed by atoms with E-state index in [-0.39, 0.29) is 6.23 Å². The van der Waals surface area contributed by atoms with Crippen LogP contribution >= 0.6 is 0 Å². The Labute approximate surface area is 124 Å². The van der Waals surface area contributed by atoms with E-state index in [4.69, 9.17) is 4.74 Å². The van der Waals surface area contributed by atoms with Crippen molar-refractivity contribution < 1.29 is 4.74 Å². The predicted molar refractivity (Wildman–Crippen MR) is 82.2 cm³/mol. The zero-order chi connectivity index (χ0) is 13.9. The molecular formula is C17H32N2O. The second-order valence-electron chi connectivity index (χ2n) is 7.45. The van der Waals surface area contributed by atoms with Crippen LogP contribution in [0.3, 0.4) is 0 Å². The third-order valence-electron chi connectivity index (χ3n) is 5.81. The van der Waals surface area contributed by atoms with Gasteiger partial charge in [0.05, 0.1) is 6.10 Å². The van der Waals surface area contributed by atoms with Crippen LogP contribution in [-0.2, 0) is 4.74 Å². The highest BCUT2D eigenvalue weighted by molar-refractivity contribution is 4.86.